The quantitative estimate of drug-likeness (QED) is 0.616. The van der Waals surface area contributed by atoms with Gasteiger partial charge in [-0.15, -0.1) is 0 Å². The predicted molar refractivity (Wildman–Crippen MR) is 62.3 cm³/mol. The van der Waals surface area contributed by atoms with Gasteiger partial charge in [-0.3, -0.25) is 15.0 Å². The van der Waals surface area contributed by atoms with Crippen LogP contribution < -0.4 is 10.1 Å². The largest absolute Gasteiger partial charge is 0.497 e. The fraction of sp³-hybridized carbons (Fsp3) is 0.167. The molecule has 5 nitrogen and oxygen atoms in total. The minimum atomic E-state index is -0.413. The molecule has 1 heterocycles. The highest BCUT2D eigenvalue weighted by atomic mass is 16.5. The van der Waals surface area contributed by atoms with E-state index in [9.17, 15) is 9.59 Å². The van der Waals surface area contributed by atoms with Gasteiger partial charge in [-0.2, -0.15) is 0 Å². The molecule has 0 unspecified atom stereocenters. The van der Waals surface area contributed by atoms with Crippen LogP contribution in [0.4, 0.5) is 4.79 Å². The van der Waals surface area contributed by atoms with Crippen molar-refractivity contribution in [3.63, 3.8) is 0 Å². The van der Waals surface area contributed by atoms with Gasteiger partial charge in [0.2, 0.25) is 0 Å². The molecule has 1 aliphatic rings. The van der Waals surface area contributed by atoms with E-state index >= 15 is 0 Å². The molecule has 88 valence electrons. The molecule has 0 aromatic heterocycles. The molecule has 5 heteroatoms. The highest BCUT2D eigenvalue weighted by Gasteiger charge is 2.29. The zero-order valence-electron chi connectivity index (χ0n) is 9.56. The van der Waals surface area contributed by atoms with Crippen molar-refractivity contribution in [2.45, 2.75) is 0 Å². The topological polar surface area (TPSA) is 58.6 Å². The van der Waals surface area contributed by atoms with Crippen LogP contribution in [0.5, 0.6) is 5.75 Å². The number of ether oxygens (including phenoxy) is 1. The summed E-state index contributed by atoms with van der Waals surface area (Å²) in [4.78, 5) is 24.0. The van der Waals surface area contributed by atoms with Crippen molar-refractivity contribution in [2.75, 3.05) is 14.2 Å². The van der Waals surface area contributed by atoms with E-state index < -0.39 is 6.03 Å². The average molecular weight is 232 g/mol. The molecule has 3 amide bonds. The van der Waals surface area contributed by atoms with Crippen molar-refractivity contribution in [3.8, 4) is 5.75 Å². The summed E-state index contributed by atoms with van der Waals surface area (Å²) in [6.07, 6.45) is 1.64. The molecule has 2 rings (SSSR count). The summed E-state index contributed by atoms with van der Waals surface area (Å²) >= 11 is 0. The number of imide groups is 1. The normalized spacial score (nSPS) is 17.5. The lowest BCUT2D eigenvalue weighted by Crippen LogP contribution is -2.24. The standard InChI is InChI=1S/C12H12N2O3/c1-14-10(11(15)13-12(14)16)7-8-4-3-5-9(6-8)17-2/h3-7H,1-2H3,(H,13,15,16). The zero-order chi connectivity index (χ0) is 12.4. The first-order valence-electron chi connectivity index (χ1n) is 5.06. The Kier molecular flexibility index (Phi) is 2.82. The van der Waals surface area contributed by atoms with Gasteiger partial charge in [0.1, 0.15) is 11.4 Å². The fourth-order valence-electron chi connectivity index (χ4n) is 1.56. The molecule has 1 fully saturated rings. The van der Waals surface area contributed by atoms with Crippen LogP contribution in [0.2, 0.25) is 0 Å². The number of amides is 3. The molecular weight excluding hydrogens is 220 g/mol. The van der Waals surface area contributed by atoms with Crippen LogP contribution in [0.1, 0.15) is 5.56 Å². The van der Waals surface area contributed by atoms with Crippen LogP contribution in [-0.4, -0.2) is 31.0 Å². The van der Waals surface area contributed by atoms with Crippen molar-refractivity contribution < 1.29 is 14.3 Å². The summed E-state index contributed by atoms with van der Waals surface area (Å²) in [6.45, 7) is 0. The Hall–Kier alpha value is -2.30. The molecular formula is C12H12N2O3. The second-order valence-electron chi connectivity index (χ2n) is 3.62. The monoisotopic (exact) mass is 232 g/mol. The van der Waals surface area contributed by atoms with Crippen LogP contribution in [0.15, 0.2) is 30.0 Å². The van der Waals surface area contributed by atoms with E-state index in [1.807, 2.05) is 18.2 Å². The number of hydrogen-bond acceptors (Lipinski definition) is 3. The van der Waals surface area contributed by atoms with E-state index in [1.54, 1.807) is 26.3 Å². The highest BCUT2D eigenvalue weighted by molar-refractivity contribution is 6.13. The van der Waals surface area contributed by atoms with Crippen LogP contribution in [-0.2, 0) is 4.79 Å². The first kappa shape index (κ1) is 11.2. The van der Waals surface area contributed by atoms with E-state index in [1.165, 1.54) is 4.90 Å². The predicted octanol–water partition coefficient (Wildman–Crippen LogP) is 1.22. The number of methoxy groups -OCH3 is 1. The Morgan fingerprint density at radius 1 is 1.35 bits per heavy atom. The number of nitrogens with zero attached hydrogens (tertiary/aromatic N) is 1. The Morgan fingerprint density at radius 3 is 2.71 bits per heavy atom. The molecule has 0 radical (unpaired) electrons. The number of likely N-dealkylation sites (N-methyl/N-ethyl adjacent to an activating group) is 1. The SMILES string of the molecule is COc1cccc(C=C2C(=O)NC(=O)N2C)c1. The van der Waals surface area contributed by atoms with Gasteiger partial charge in [0.05, 0.1) is 7.11 Å². The number of rotatable bonds is 2. The van der Waals surface area contributed by atoms with Gasteiger partial charge in [0.25, 0.3) is 5.91 Å². The molecule has 0 aliphatic carbocycles. The molecule has 17 heavy (non-hydrogen) atoms. The number of carbonyl (C=O) groups excluding carboxylic acids is 2. The maximum atomic E-state index is 11.5. The number of benzene rings is 1. The van der Waals surface area contributed by atoms with Gasteiger partial charge in [0, 0.05) is 7.05 Å². The molecule has 1 N–H and O–H groups in total. The van der Waals surface area contributed by atoms with Gasteiger partial charge in [-0.1, -0.05) is 12.1 Å². The molecule has 0 atom stereocenters. The van der Waals surface area contributed by atoms with E-state index in [4.69, 9.17) is 4.74 Å². The van der Waals surface area contributed by atoms with E-state index in [0.717, 1.165) is 5.56 Å². The average Bonchev–Trinajstić information content (AvgIpc) is 2.56. The number of nitrogens with one attached hydrogen (secondary N) is 1. The van der Waals surface area contributed by atoms with Gasteiger partial charge in [0.15, 0.2) is 0 Å². The molecule has 1 aliphatic heterocycles. The third-order valence-electron chi connectivity index (χ3n) is 2.52. The van der Waals surface area contributed by atoms with Gasteiger partial charge in [-0.05, 0) is 23.8 Å². The molecule has 0 saturated carbocycles. The highest BCUT2D eigenvalue weighted by Crippen LogP contribution is 2.18. The smallest absolute Gasteiger partial charge is 0.328 e. The Morgan fingerprint density at radius 2 is 2.12 bits per heavy atom. The maximum Gasteiger partial charge on any atom is 0.328 e. The molecule has 1 saturated heterocycles. The lowest BCUT2D eigenvalue weighted by molar-refractivity contribution is -0.115. The molecule has 0 bridgehead atoms. The van der Waals surface area contributed by atoms with Crippen LogP contribution in [0.25, 0.3) is 6.08 Å². The Balaban J connectivity index is 2.35. The van der Waals surface area contributed by atoms with Crippen LogP contribution in [0, 0.1) is 0 Å². The Bertz CT molecular complexity index is 508. The van der Waals surface area contributed by atoms with E-state index in [2.05, 4.69) is 5.32 Å². The summed E-state index contributed by atoms with van der Waals surface area (Å²) in [6, 6.07) is 6.84. The van der Waals surface area contributed by atoms with Crippen molar-refractivity contribution in [1.29, 1.82) is 0 Å². The van der Waals surface area contributed by atoms with E-state index in [-0.39, 0.29) is 5.91 Å². The summed E-state index contributed by atoms with van der Waals surface area (Å²) in [7, 11) is 3.12. The minimum Gasteiger partial charge on any atom is -0.497 e. The second kappa shape index (κ2) is 4.29. The van der Waals surface area contributed by atoms with E-state index in [0.29, 0.717) is 11.4 Å². The minimum absolute atomic E-state index is 0.322. The third-order valence-corrected chi connectivity index (χ3v) is 2.52. The summed E-state index contributed by atoms with van der Waals surface area (Å²) in [5.74, 6) is 0.312. The van der Waals surface area contributed by atoms with Crippen molar-refractivity contribution in [3.05, 3.63) is 35.5 Å². The second-order valence-corrected chi connectivity index (χ2v) is 3.62. The van der Waals surface area contributed by atoms with Crippen LogP contribution in [0.3, 0.4) is 0 Å². The molecule has 1 aromatic rings. The number of urea groups is 1. The zero-order valence-corrected chi connectivity index (χ0v) is 9.56. The van der Waals surface area contributed by atoms with Gasteiger partial charge >= 0.3 is 6.03 Å². The van der Waals surface area contributed by atoms with Crippen LogP contribution >= 0.6 is 0 Å². The lowest BCUT2D eigenvalue weighted by Gasteiger charge is -2.07. The molecule has 0 spiro atoms. The first-order valence-corrected chi connectivity index (χ1v) is 5.06. The lowest BCUT2D eigenvalue weighted by atomic mass is 10.2. The third kappa shape index (κ3) is 2.13. The molecule has 1 aromatic carbocycles. The van der Waals surface area contributed by atoms with Crippen molar-refractivity contribution in [1.82, 2.24) is 10.2 Å². The summed E-state index contributed by atoms with van der Waals surface area (Å²) in [5, 5.41) is 2.21. The van der Waals surface area contributed by atoms with Crippen molar-refractivity contribution in [2.24, 2.45) is 0 Å². The number of carbonyl (C=O) groups is 2. The summed E-state index contributed by atoms with van der Waals surface area (Å²) < 4.78 is 5.08. The summed E-state index contributed by atoms with van der Waals surface area (Å²) in [5.41, 5.74) is 1.12. The maximum absolute atomic E-state index is 11.5. The van der Waals surface area contributed by atoms with Gasteiger partial charge in [-0.25, -0.2) is 4.79 Å². The fourth-order valence-corrected chi connectivity index (χ4v) is 1.56. The Labute approximate surface area is 98.7 Å². The first-order chi connectivity index (χ1) is 8.11. The number of hydrogen-bond donors (Lipinski definition) is 1. The van der Waals surface area contributed by atoms with Crippen molar-refractivity contribution >= 4 is 18.0 Å². The van der Waals surface area contributed by atoms with Gasteiger partial charge < -0.3 is 4.74 Å².